The summed E-state index contributed by atoms with van der Waals surface area (Å²) in [5, 5.41) is -0.0374. The lowest BCUT2D eigenvalue weighted by Gasteiger charge is -2.14. The van der Waals surface area contributed by atoms with Gasteiger partial charge in [0.2, 0.25) is 0 Å². The van der Waals surface area contributed by atoms with Crippen LogP contribution in [0.2, 0.25) is 0 Å². The van der Waals surface area contributed by atoms with Crippen LogP contribution in [0, 0.1) is 6.92 Å². The summed E-state index contributed by atoms with van der Waals surface area (Å²) in [5.74, 6) is 0.868. The average molecular weight is 340 g/mol. The van der Waals surface area contributed by atoms with Gasteiger partial charge >= 0.3 is 0 Å². The number of ether oxygens (including phenoxy) is 1. The van der Waals surface area contributed by atoms with Gasteiger partial charge in [-0.05, 0) is 48.2 Å². The molecule has 100 valence electrons. The summed E-state index contributed by atoms with van der Waals surface area (Å²) in [5.41, 5.74) is 3.54. The molecular weight excluding hydrogens is 324 g/mol. The molecule has 0 spiro atoms. The standard InChI is InChI=1S/C16H16BrClO/c1-11-14(7-4-8-15(11)17)16(18)10-12-5-3-6-13(9-12)19-2/h3-9,16H,10H2,1-2H3. The van der Waals surface area contributed by atoms with Gasteiger partial charge in [-0.15, -0.1) is 11.6 Å². The van der Waals surface area contributed by atoms with Crippen molar-refractivity contribution in [1.29, 1.82) is 0 Å². The highest BCUT2D eigenvalue weighted by molar-refractivity contribution is 9.10. The Balaban J connectivity index is 2.20. The summed E-state index contributed by atoms with van der Waals surface area (Å²) in [4.78, 5) is 0. The summed E-state index contributed by atoms with van der Waals surface area (Å²) < 4.78 is 6.33. The Morgan fingerprint density at radius 1 is 1.21 bits per heavy atom. The highest BCUT2D eigenvalue weighted by atomic mass is 79.9. The molecule has 0 fully saturated rings. The van der Waals surface area contributed by atoms with E-state index in [1.54, 1.807) is 7.11 Å². The van der Waals surface area contributed by atoms with Crippen molar-refractivity contribution >= 4 is 27.5 Å². The third kappa shape index (κ3) is 3.52. The molecule has 0 bridgehead atoms. The van der Waals surface area contributed by atoms with Gasteiger partial charge in [-0.1, -0.05) is 40.2 Å². The molecule has 2 aromatic rings. The fourth-order valence-corrected chi connectivity index (χ4v) is 2.88. The Morgan fingerprint density at radius 3 is 2.68 bits per heavy atom. The van der Waals surface area contributed by atoms with E-state index >= 15 is 0 Å². The van der Waals surface area contributed by atoms with Crippen LogP contribution >= 0.6 is 27.5 Å². The van der Waals surface area contributed by atoms with Gasteiger partial charge in [0.15, 0.2) is 0 Å². The number of hydrogen-bond acceptors (Lipinski definition) is 1. The second-order valence-electron chi connectivity index (χ2n) is 4.48. The molecule has 0 aromatic heterocycles. The summed E-state index contributed by atoms with van der Waals surface area (Å²) in [6.45, 7) is 2.08. The molecule has 0 N–H and O–H groups in total. The Kier molecular flexibility index (Phi) is 4.89. The summed E-state index contributed by atoms with van der Waals surface area (Å²) >= 11 is 10.1. The molecule has 2 aromatic carbocycles. The van der Waals surface area contributed by atoms with Crippen LogP contribution in [0.3, 0.4) is 0 Å². The quantitative estimate of drug-likeness (QED) is 0.688. The highest BCUT2D eigenvalue weighted by Crippen LogP contribution is 2.31. The maximum atomic E-state index is 6.55. The van der Waals surface area contributed by atoms with Gasteiger partial charge in [0.1, 0.15) is 5.75 Å². The van der Waals surface area contributed by atoms with Crippen LogP contribution in [-0.2, 0) is 6.42 Å². The molecule has 0 aliphatic heterocycles. The van der Waals surface area contributed by atoms with Crippen molar-refractivity contribution in [2.45, 2.75) is 18.7 Å². The predicted molar refractivity (Wildman–Crippen MR) is 84.2 cm³/mol. The van der Waals surface area contributed by atoms with Crippen LogP contribution in [0.4, 0.5) is 0 Å². The fraction of sp³-hybridized carbons (Fsp3) is 0.250. The van der Waals surface area contributed by atoms with Crippen LogP contribution in [0.25, 0.3) is 0 Å². The molecule has 0 saturated heterocycles. The SMILES string of the molecule is COc1cccc(CC(Cl)c2cccc(Br)c2C)c1. The van der Waals surface area contributed by atoms with Gasteiger partial charge in [-0.3, -0.25) is 0 Å². The summed E-state index contributed by atoms with van der Waals surface area (Å²) in [6.07, 6.45) is 0.788. The van der Waals surface area contributed by atoms with E-state index in [1.807, 2.05) is 30.3 Å². The lowest BCUT2D eigenvalue weighted by molar-refractivity contribution is 0.414. The molecule has 19 heavy (non-hydrogen) atoms. The van der Waals surface area contributed by atoms with E-state index in [1.165, 1.54) is 16.7 Å². The number of halogens is 2. The lowest BCUT2D eigenvalue weighted by atomic mass is 10.00. The Morgan fingerprint density at radius 2 is 1.95 bits per heavy atom. The van der Waals surface area contributed by atoms with Crippen molar-refractivity contribution < 1.29 is 4.74 Å². The second kappa shape index (κ2) is 6.44. The molecular formula is C16H16BrClO. The average Bonchev–Trinajstić information content (AvgIpc) is 2.42. The maximum absolute atomic E-state index is 6.55. The maximum Gasteiger partial charge on any atom is 0.119 e. The number of hydrogen-bond donors (Lipinski definition) is 0. The third-order valence-corrected chi connectivity index (χ3v) is 4.44. The molecule has 1 atom stereocenters. The Hall–Kier alpha value is -0.990. The number of methoxy groups -OCH3 is 1. The molecule has 0 radical (unpaired) electrons. The molecule has 0 aliphatic carbocycles. The van der Waals surface area contributed by atoms with Crippen molar-refractivity contribution in [3.05, 3.63) is 63.6 Å². The van der Waals surface area contributed by atoms with Crippen molar-refractivity contribution in [2.75, 3.05) is 7.11 Å². The van der Waals surface area contributed by atoms with Gasteiger partial charge < -0.3 is 4.74 Å². The molecule has 0 saturated carbocycles. The Labute approximate surface area is 127 Å². The minimum atomic E-state index is -0.0374. The van der Waals surface area contributed by atoms with Crippen LogP contribution in [0.5, 0.6) is 5.75 Å². The van der Waals surface area contributed by atoms with Crippen molar-refractivity contribution in [3.63, 3.8) is 0 Å². The second-order valence-corrected chi connectivity index (χ2v) is 5.86. The van der Waals surface area contributed by atoms with E-state index in [2.05, 4.69) is 35.0 Å². The van der Waals surface area contributed by atoms with E-state index in [0.29, 0.717) is 0 Å². The highest BCUT2D eigenvalue weighted by Gasteiger charge is 2.13. The van der Waals surface area contributed by atoms with E-state index in [9.17, 15) is 0 Å². The van der Waals surface area contributed by atoms with Crippen molar-refractivity contribution in [3.8, 4) is 5.75 Å². The van der Waals surface area contributed by atoms with Crippen molar-refractivity contribution in [2.24, 2.45) is 0 Å². The molecule has 0 aliphatic rings. The summed E-state index contributed by atoms with van der Waals surface area (Å²) in [6, 6.07) is 14.2. The van der Waals surface area contributed by atoms with Crippen molar-refractivity contribution in [1.82, 2.24) is 0 Å². The van der Waals surface area contributed by atoms with Crippen LogP contribution in [0.15, 0.2) is 46.9 Å². The molecule has 2 rings (SSSR count). The first-order chi connectivity index (χ1) is 9.11. The first-order valence-electron chi connectivity index (χ1n) is 6.14. The molecule has 1 unspecified atom stereocenters. The van der Waals surface area contributed by atoms with Crippen LogP contribution in [0.1, 0.15) is 22.1 Å². The van der Waals surface area contributed by atoms with Gasteiger partial charge in [-0.25, -0.2) is 0 Å². The summed E-state index contributed by atoms with van der Waals surface area (Å²) in [7, 11) is 1.68. The fourth-order valence-electron chi connectivity index (χ4n) is 2.08. The minimum Gasteiger partial charge on any atom is -0.497 e. The smallest absolute Gasteiger partial charge is 0.119 e. The normalized spacial score (nSPS) is 12.2. The van der Waals surface area contributed by atoms with E-state index in [0.717, 1.165) is 16.6 Å². The first-order valence-corrected chi connectivity index (χ1v) is 7.36. The number of benzene rings is 2. The number of alkyl halides is 1. The van der Waals surface area contributed by atoms with Crippen LogP contribution < -0.4 is 4.74 Å². The topological polar surface area (TPSA) is 9.23 Å². The number of rotatable bonds is 4. The zero-order chi connectivity index (χ0) is 13.8. The van der Waals surface area contributed by atoms with Gasteiger partial charge in [0.05, 0.1) is 12.5 Å². The van der Waals surface area contributed by atoms with Gasteiger partial charge in [-0.2, -0.15) is 0 Å². The minimum absolute atomic E-state index is 0.0374. The zero-order valence-corrected chi connectivity index (χ0v) is 13.3. The van der Waals surface area contributed by atoms with E-state index in [4.69, 9.17) is 16.3 Å². The molecule has 0 heterocycles. The zero-order valence-electron chi connectivity index (χ0n) is 11.0. The molecule has 1 nitrogen and oxygen atoms in total. The third-order valence-electron chi connectivity index (χ3n) is 3.20. The monoisotopic (exact) mass is 338 g/mol. The van der Waals surface area contributed by atoms with E-state index < -0.39 is 0 Å². The first kappa shape index (κ1) is 14.4. The molecule has 3 heteroatoms. The Bertz CT molecular complexity index is 568. The molecule has 0 amide bonds. The van der Waals surface area contributed by atoms with Gasteiger partial charge in [0.25, 0.3) is 0 Å². The predicted octanol–water partition coefficient (Wildman–Crippen LogP) is 5.29. The lowest BCUT2D eigenvalue weighted by Crippen LogP contribution is -1.99. The van der Waals surface area contributed by atoms with Gasteiger partial charge in [0, 0.05) is 4.47 Å². The largest absolute Gasteiger partial charge is 0.497 e. The van der Waals surface area contributed by atoms with Crippen LogP contribution in [-0.4, -0.2) is 7.11 Å². The van der Waals surface area contributed by atoms with E-state index in [-0.39, 0.29) is 5.38 Å².